The van der Waals surface area contributed by atoms with Crippen molar-refractivity contribution >= 4 is 22.0 Å². The Labute approximate surface area is 79.5 Å². The molecule has 0 N–H and O–H groups in total. The first-order valence-corrected chi connectivity index (χ1v) is 4.32. The maximum Gasteiger partial charge on any atom is 0.235 e. The molecule has 0 spiro atoms. The third-order valence-electron chi connectivity index (χ3n) is 1.56. The van der Waals surface area contributed by atoms with Crippen LogP contribution in [0.3, 0.4) is 0 Å². The predicted octanol–water partition coefficient (Wildman–Crippen LogP) is 2.59. The Balaban J connectivity index is 2.89. The van der Waals surface area contributed by atoms with E-state index in [9.17, 15) is 4.79 Å². The molecule has 2 nitrogen and oxygen atoms in total. The van der Waals surface area contributed by atoms with E-state index in [-0.39, 0.29) is 0 Å². The molecule has 1 aromatic carbocycles. The van der Waals surface area contributed by atoms with Crippen molar-refractivity contribution in [2.24, 2.45) is 4.99 Å². The smallest absolute Gasteiger partial charge is 0.211 e. The van der Waals surface area contributed by atoms with Crippen molar-refractivity contribution in [3.63, 3.8) is 0 Å². The van der Waals surface area contributed by atoms with Crippen LogP contribution in [-0.2, 0) is 11.3 Å². The standard InChI is InChI=1S/C9H8BrNO/c1-7-2-3-8(4-9(7)10)5-11-6-12/h2-4H,5H2,1H3. The molecule has 0 bridgehead atoms. The van der Waals surface area contributed by atoms with E-state index in [0.29, 0.717) is 6.54 Å². The fourth-order valence-corrected chi connectivity index (χ4v) is 1.28. The second-order valence-electron chi connectivity index (χ2n) is 2.49. The molecular weight excluding hydrogens is 218 g/mol. The molecule has 12 heavy (non-hydrogen) atoms. The van der Waals surface area contributed by atoms with Crippen LogP contribution in [0.1, 0.15) is 11.1 Å². The summed E-state index contributed by atoms with van der Waals surface area (Å²) >= 11 is 3.40. The van der Waals surface area contributed by atoms with Crippen molar-refractivity contribution < 1.29 is 4.79 Å². The molecule has 0 aliphatic heterocycles. The highest BCUT2D eigenvalue weighted by atomic mass is 79.9. The summed E-state index contributed by atoms with van der Waals surface area (Å²) < 4.78 is 1.04. The van der Waals surface area contributed by atoms with Crippen LogP contribution in [0.2, 0.25) is 0 Å². The van der Waals surface area contributed by atoms with Crippen LogP contribution < -0.4 is 0 Å². The van der Waals surface area contributed by atoms with Crippen LogP contribution >= 0.6 is 15.9 Å². The van der Waals surface area contributed by atoms with Gasteiger partial charge in [0.25, 0.3) is 0 Å². The van der Waals surface area contributed by atoms with E-state index in [0.717, 1.165) is 10.0 Å². The molecule has 0 radical (unpaired) electrons. The van der Waals surface area contributed by atoms with Crippen molar-refractivity contribution in [2.45, 2.75) is 13.5 Å². The summed E-state index contributed by atoms with van der Waals surface area (Å²) in [6.07, 6.45) is 1.51. The molecule has 0 saturated heterocycles. The summed E-state index contributed by atoms with van der Waals surface area (Å²) in [5.74, 6) is 0. The van der Waals surface area contributed by atoms with Gasteiger partial charge in [-0.25, -0.2) is 9.79 Å². The van der Waals surface area contributed by atoms with Crippen LogP contribution in [-0.4, -0.2) is 6.08 Å². The molecule has 0 saturated carbocycles. The average Bonchev–Trinajstić information content (AvgIpc) is 2.07. The van der Waals surface area contributed by atoms with Gasteiger partial charge >= 0.3 is 0 Å². The Bertz CT molecular complexity index is 329. The average molecular weight is 226 g/mol. The topological polar surface area (TPSA) is 29.4 Å². The van der Waals surface area contributed by atoms with E-state index in [1.165, 1.54) is 11.6 Å². The summed E-state index contributed by atoms with van der Waals surface area (Å²) in [4.78, 5) is 13.3. The van der Waals surface area contributed by atoms with E-state index in [2.05, 4.69) is 20.9 Å². The first-order chi connectivity index (χ1) is 5.74. The number of benzene rings is 1. The molecule has 1 aromatic rings. The highest BCUT2D eigenvalue weighted by molar-refractivity contribution is 9.10. The number of aliphatic imine (C=N–C) groups is 1. The third-order valence-corrected chi connectivity index (χ3v) is 2.42. The number of rotatable bonds is 2. The van der Waals surface area contributed by atoms with E-state index < -0.39 is 0 Å². The second kappa shape index (κ2) is 4.19. The zero-order valence-corrected chi connectivity index (χ0v) is 8.26. The number of nitrogens with zero attached hydrogens (tertiary/aromatic N) is 1. The Hall–Kier alpha value is -0.920. The minimum absolute atomic E-state index is 0.405. The molecule has 0 aliphatic rings. The lowest BCUT2D eigenvalue weighted by Gasteiger charge is -1.99. The SMILES string of the molecule is Cc1ccc(CN=C=O)cc1Br. The van der Waals surface area contributed by atoms with Gasteiger partial charge in [-0.2, -0.15) is 0 Å². The molecular formula is C9H8BrNO. The van der Waals surface area contributed by atoms with E-state index >= 15 is 0 Å². The maximum atomic E-state index is 9.83. The van der Waals surface area contributed by atoms with Gasteiger partial charge in [0.1, 0.15) is 0 Å². The summed E-state index contributed by atoms with van der Waals surface area (Å²) in [6, 6.07) is 5.89. The molecule has 0 unspecified atom stereocenters. The third kappa shape index (κ3) is 2.29. The number of isocyanates is 1. The van der Waals surface area contributed by atoms with Gasteiger partial charge in [-0.1, -0.05) is 28.1 Å². The number of aryl methyl sites for hydroxylation is 1. The predicted molar refractivity (Wildman–Crippen MR) is 50.7 cm³/mol. The van der Waals surface area contributed by atoms with Crippen LogP contribution in [0.5, 0.6) is 0 Å². The van der Waals surface area contributed by atoms with Crippen LogP contribution in [0, 0.1) is 6.92 Å². The summed E-state index contributed by atoms with van der Waals surface area (Å²) in [6.45, 7) is 2.42. The van der Waals surface area contributed by atoms with Crippen molar-refractivity contribution in [1.29, 1.82) is 0 Å². The highest BCUT2D eigenvalue weighted by Crippen LogP contribution is 2.17. The Morgan fingerprint density at radius 2 is 2.33 bits per heavy atom. The van der Waals surface area contributed by atoms with Crippen LogP contribution in [0.4, 0.5) is 0 Å². The van der Waals surface area contributed by atoms with Crippen molar-refractivity contribution in [3.8, 4) is 0 Å². The second-order valence-corrected chi connectivity index (χ2v) is 3.35. The molecule has 0 heterocycles. The van der Waals surface area contributed by atoms with Gasteiger partial charge in [0.05, 0.1) is 6.54 Å². The van der Waals surface area contributed by atoms with Crippen LogP contribution in [0.25, 0.3) is 0 Å². The van der Waals surface area contributed by atoms with Crippen molar-refractivity contribution in [1.82, 2.24) is 0 Å². The van der Waals surface area contributed by atoms with Gasteiger partial charge < -0.3 is 0 Å². The number of hydrogen-bond acceptors (Lipinski definition) is 2. The van der Waals surface area contributed by atoms with E-state index in [1.807, 2.05) is 25.1 Å². The zero-order chi connectivity index (χ0) is 8.97. The molecule has 3 heteroatoms. The molecule has 1 rings (SSSR count). The van der Waals surface area contributed by atoms with Gasteiger partial charge in [0, 0.05) is 4.47 Å². The van der Waals surface area contributed by atoms with E-state index in [4.69, 9.17) is 0 Å². The normalized spacial score (nSPS) is 9.17. The lowest BCUT2D eigenvalue weighted by molar-refractivity contribution is 0.563. The minimum atomic E-state index is 0.405. The van der Waals surface area contributed by atoms with Gasteiger partial charge in [0.2, 0.25) is 6.08 Å². The molecule has 0 atom stereocenters. The number of carbonyl (C=O) groups excluding carboxylic acids is 1. The molecule has 0 aromatic heterocycles. The number of hydrogen-bond donors (Lipinski definition) is 0. The van der Waals surface area contributed by atoms with Gasteiger partial charge in [0.15, 0.2) is 0 Å². The molecule has 0 amide bonds. The first-order valence-electron chi connectivity index (χ1n) is 3.52. The van der Waals surface area contributed by atoms with Gasteiger partial charge in [-0.15, -0.1) is 0 Å². The molecule has 0 fully saturated rings. The fourth-order valence-electron chi connectivity index (χ4n) is 0.858. The lowest BCUT2D eigenvalue weighted by atomic mass is 10.1. The van der Waals surface area contributed by atoms with E-state index in [1.54, 1.807) is 0 Å². The molecule has 0 aliphatic carbocycles. The van der Waals surface area contributed by atoms with Crippen molar-refractivity contribution in [2.75, 3.05) is 0 Å². The van der Waals surface area contributed by atoms with Gasteiger partial charge in [-0.05, 0) is 24.1 Å². The summed E-state index contributed by atoms with van der Waals surface area (Å²) in [5, 5.41) is 0. The Morgan fingerprint density at radius 1 is 1.58 bits per heavy atom. The highest BCUT2D eigenvalue weighted by Gasteiger charge is 1.95. The maximum absolute atomic E-state index is 9.83. The van der Waals surface area contributed by atoms with Crippen molar-refractivity contribution in [3.05, 3.63) is 33.8 Å². The summed E-state index contributed by atoms with van der Waals surface area (Å²) in [7, 11) is 0. The first kappa shape index (κ1) is 9.17. The zero-order valence-electron chi connectivity index (χ0n) is 6.67. The minimum Gasteiger partial charge on any atom is -0.211 e. The number of halogens is 1. The quantitative estimate of drug-likeness (QED) is 0.562. The summed E-state index contributed by atoms with van der Waals surface area (Å²) in [5.41, 5.74) is 2.18. The fraction of sp³-hybridized carbons (Fsp3) is 0.222. The lowest BCUT2D eigenvalue weighted by Crippen LogP contribution is -1.82. The van der Waals surface area contributed by atoms with Gasteiger partial charge in [-0.3, -0.25) is 0 Å². The molecule has 62 valence electrons. The Morgan fingerprint density at radius 3 is 2.92 bits per heavy atom. The van der Waals surface area contributed by atoms with Crippen LogP contribution in [0.15, 0.2) is 27.7 Å². The Kier molecular flexibility index (Phi) is 3.20. The largest absolute Gasteiger partial charge is 0.235 e. The monoisotopic (exact) mass is 225 g/mol.